The first-order valence-corrected chi connectivity index (χ1v) is 5.83. The summed E-state index contributed by atoms with van der Waals surface area (Å²) in [4.78, 5) is 12.0. The van der Waals surface area contributed by atoms with Gasteiger partial charge in [0.05, 0.1) is 20.0 Å². The molecule has 5 nitrogen and oxygen atoms in total. The molecule has 1 aromatic carbocycles. The summed E-state index contributed by atoms with van der Waals surface area (Å²) < 4.78 is 10.2. The first-order chi connectivity index (χ1) is 9.24. The topological polar surface area (TPSA) is 71.7 Å². The molecule has 5 heteroatoms. The van der Waals surface area contributed by atoms with Crippen molar-refractivity contribution in [3.63, 3.8) is 0 Å². The number of carbonyl (C=O) groups is 1. The number of amides is 1. The molecule has 2 aromatic rings. The number of benzene rings is 1. The molecular formula is C14H15NO4. The number of aliphatic hydroxyl groups is 1. The molecule has 0 aliphatic rings. The summed E-state index contributed by atoms with van der Waals surface area (Å²) in [5.41, 5.74) is 0.491. The van der Waals surface area contributed by atoms with Crippen molar-refractivity contribution >= 4 is 5.91 Å². The number of nitrogens with one attached hydrogen (secondary N) is 1. The Morgan fingerprint density at radius 2 is 2.11 bits per heavy atom. The van der Waals surface area contributed by atoms with E-state index in [-0.39, 0.29) is 12.5 Å². The van der Waals surface area contributed by atoms with Gasteiger partial charge in [-0.2, -0.15) is 0 Å². The Hall–Kier alpha value is -2.27. The van der Waals surface area contributed by atoms with Crippen LogP contribution in [0.4, 0.5) is 0 Å². The predicted octanol–water partition coefficient (Wildman–Crippen LogP) is 1.75. The van der Waals surface area contributed by atoms with Crippen molar-refractivity contribution in [3.8, 4) is 5.75 Å². The molecule has 1 aromatic heterocycles. The molecule has 0 saturated heterocycles. The number of ether oxygens (including phenoxy) is 1. The second-order valence-corrected chi connectivity index (χ2v) is 3.95. The fourth-order valence-corrected chi connectivity index (χ4v) is 1.68. The highest BCUT2D eigenvalue weighted by atomic mass is 16.5. The lowest BCUT2D eigenvalue weighted by molar-refractivity contribution is 0.0907. The average Bonchev–Trinajstić information content (AvgIpc) is 2.98. The third-order valence-corrected chi connectivity index (χ3v) is 2.73. The molecule has 0 radical (unpaired) electrons. The lowest BCUT2D eigenvalue weighted by Crippen LogP contribution is -2.30. The Balaban J connectivity index is 2.06. The Bertz CT molecular complexity index is 519. The molecule has 0 aliphatic heterocycles. The van der Waals surface area contributed by atoms with Crippen LogP contribution >= 0.6 is 0 Å². The van der Waals surface area contributed by atoms with Crippen molar-refractivity contribution in [3.05, 3.63) is 54.0 Å². The van der Waals surface area contributed by atoms with Gasteiger partial charge < -0.3 is 19.6 Å². The Kier molecular flexibility index (Phi) is 4.20. The van der Waals surface area contributed by atoms with E-state index in [2.05, 4.69) is 5.32 Å². The molecule has 0 aliphatic carbocycles. The van der Waals surface area contributed by atoms with E-state index in [0.717, 1.165) is 0 Å². The van der Waals surface area contributed by atoms with Crippen LogP contribution in [0.5, 0.6) is 5.75 Å². The summed E-state index contributed by atoms with van der Waals surface area (Å²) in [6.07, 6.45) is 1.50. The molecule has 2 N–H and O–H groups in total. The molecule has 1 atom stereocenters. The van der Waals surface area contributed by atoms with E-state index in [1.165, 1.54) is 6.26 Å². The molecule has 1 heterocycles. The zero-order chi connectivity index (χ0) is 13.7. The summed E-state index contributed by atoms with van der Waals surface area (Å²) in [5, 5.41) is 12.0. The smallest absolute Gasteiger partial charge is 0.251 e. The minimum atomic E-state index is -0.551. The number of methoxy groups -OCH3 is 1. The maximum absolute atomic E-state index is 12.0. The predicted molar refractivity (Wildman–Crippen MR) is 69.0 cm³/mol. The van der Waals surface area contributed by atoms with Gasteiger partial charge in [0.2, 0.25) is 0 Å². The minimum absolute atomic E-state index is 0.227. The molecule has 1 amide bonds. The number of hydrogen-bond donors (Lipinski definition) is 2. The Morgan fingerprint density at radius 1 is 1.37 bits per heavy atom. The van der Waals surface area contributed by atoms with Gasteiger partial charge in [-0.3, -0.25) is 4.79 Å². The molecule has 0 fully saturated rings. The molecule has 1 unspecified atom stereocenters. The fraction of sp³-hybridized carbons (Fsp3) is 0.214. The van der Waals surface area contributed by atoms with Crippen molar-refractivity contribution in [2.45, 2.75) is 6.04 Å². The van der Waals surface area contributed by atoms with E-state index < -0.39 is 6.04 Å². The minimum Gasteiger partial charge on any atom is -0.497 e. The zero-order valence-corrected chi connectivity index (χ0v) is 10.5. The van der Waals surface area contributed by atoms with Crippen molar-refractivity contribution in [1.29, 1.82) is 0 Å². The molecule has 0 saturated carbocycles. The highest BCUT2D eigenvalue weighted by molar-refractivity contribution is 5.94. The van der Waals surface area contributed by atoms with Crippen LogP contribution in [0.3, 0.4) is 0 Å². The van der Waals surface area contributed by atoms with Crippen LogP contribution < -0.4 is 10.1 Å². The number of rotatable bonds is 5. The highest BCUT2D eigenvalue weighted by Gasteiger charge is 2.17. The quantitative estimate of drug-likeness (QED) is 0.860. The summed E-state index contributed by atoms with van der Waals surface area (Å²) in [6, 6.07) is 9.58. The van der Waals surface area contributed by atoms with Gasteiger partial charge in [0.1, 0.15) is 17.6 Å². The molecular weight excluding hydrogens is 246 g/mol. The van der Waals surface area contributed by atoms with Gasteiger partial charge in [-0.15, -0.1) is 0 Å². The number of carbonyl (C=O) groups excluding carboxylic acids is 1. The van der Waals surface area contributed by atoms with Gasteiger partial charge in [-0.05, 0) is 36.4 Å². The highest BCUT2D eigenvalue weighted by Crippen LogP contribution is 2.15. The van der Waals surface area contributed by atoms with E-state index in [1.54, 1.807) is 43.5 Å². The molecule has 2 rings (SSSR count). The van der Waals surface area contributed by atoms with Crippen LogP contribution in [-0.2, 0) is 0 Å². The van der Waals surface area contributed by atoms with Gasteiger partial charge in [-0.1, -0.05) is 0 Å². The van der Waals surface area contributed by atoms with Crippen LogP contribution in [0.15, 0.2) is 47.1 Å². The van der Waals surface area contributed by atoms with Crippen LogP contribution in [-0.4, -0.2) is 24.7 Å². The van der Waals surface area contributed by atoms with Crippen LogP contribution in [0, 0.1) is 0 Å². The van der Waals surface area contributed by atoms with Gasteiger partial charge in [-0.25, -0.2) is 0 Å². The lowest BCUT2D eigenvalue weighted by atomic mass is 10.1. The second kappa shape index (κ2) is 6.06. The SMILES string of the molecule is COc1ccc(C(=O)NC(CO)c2ccco2)cc1. The van der Waals surface area contributed by atoms with Gasteiger partial charge in [0.15, 0.2) is 0 Å². The van der Waals surface area contributed by atoms with Gasteiger partial charge >= 0.3 is 0 Å². The largest absolute Gasteiger partial charge is 0.497 e. The summed E-state index contributed by atoms with van der Waals surface area (Å²) >= 11 is 0. The van der Waals surface area contributed by atoms with Gasteiger partial charge in [0, 0.05) is 5.56 Å². The van der Waals surface area contributed by atoms with Crippen molar-refractivity contribution in [2.75, 3.05) is 13.7 Å². The average molecular weight is 261 g/mol. The van der Waals surface area contributed by atoms with Crippen LogP contribution in [0.2, 0.25) is 0 Å². The first-order valence-electron chi connectivity index (χ1n) is 5.83. The van der Waals surface area contributed by atoms with E-state index in [0.29, 0.717) is 17.1 Å². The van der Waals surface area contributed by atoms with Gasteiger partial charge in [0.25, 0.3) is 5.91 Å². The van der Waals surface area contributed by atoms with E-state index >= 15 is 0 Å². The number of furan rings is 1. The van der Waals surface area contributed by atoms with E-state index in [9.17, 15) is 9.90 Å². The molecule has 0 bridgehead atoms. The van der Waals surface area contributed by atoms with E-state index in [4.69, 9.17) is 9.15 Å². The third-order valence-electron chi connectivity index (χ3n) is 2.73. The third kappa shape index (κ3) is 3.14. The van der Waals surface area contributed by atoms with E-state index in [1.807, 2.05) is 0 Å². The number of hydrogen-bond acceptors (Lipinski definition) is 4. The molecule has 0 spiro atoms. The standard InChI is InChI=1S/C14H15NO4/c1-18-11-6-4-10(5-7-11)14(17)15-12(9-16)13-3-2-8-19-13/h2-8,12,16H,9H2,1H3,(H,15,17). The monoisotopic (exact) mass is 261 g/mol. The first kappa shape index (κ1) is 13.2. The Morgan fingerprint density at radius 3 is 2.63 bits per heavy atom. The summed E-state index contributed by atoms with van der Waals surface area (Å²) in [7, 11) is 1.56. The zero-order valence-electron chi connectivity index (χ0n) is 10.5. The van der Waals surface area contributed by atoms with Crippen molar-refractivity contribution < 1.29 is 19.1 Å². The number of aliphatic hydroxyl groups excluding tert-OH is 1. The summed E-state index contributed by atoms with van der Waals surface area (Å²) in [6.45, 7) is -0.227. The Labute approximate surface area is 110 Å². The van der Waals surface area contributed by atoms with Crippen LogP contribution in [0.1, 0.15) is 22.2 Å². The maximum Gasteiger partial charge on any atom is 0.251 e. The van der Waals surface area contributed by atoms with Crippen molar-refractivity contribution in [1.82, 2.24) is 5.32 Å². The lowest BCUT2D eigenvalue weighted by Gasteiger charge is -2.14. The maximum atomic E-state index is 12.0. The fourth-order valence-electron chi connectivity index (χ4n) is 1.68. The molecule has 100 valence electrons. The van der Waals surface area contributed by atoms with Crippen molar-refractivity contribution in [2.24, 2.45) is 0 Å². The second-order valence-electron chi connectivity index (χ2n) is 3.95. The van der Waals surface area contributed by atoms with Crippen LogP contribution in [0.25, 0.3) is 0 Å². The normalized spacial score (nSPS) is 11.9. The summed E-state index contributed by atoms with van der Waals surface area (Å²) in [5.74, 6) is 0.920. The molecule has 19 heavy (non-hydrogen) atoms.